The van der Waals surface area contributed by atoms with E-state index in [4.69, 9.17) is 14.6 Å². The van der Waals surface area contributed by atoms with Crippen LogP contribution in [0.15, 0.2) is 72.8 Å². The molecule has 0 unspecified atom stereocenters. The SMILES string of the molecule is CCc1nc(C)ccc1CCC(=O)[C@H](C)NC(=O)[C@H]1C[C@H](c2ccccc2)CN1C(=O)OC(C)(C)C.C[C@H](NC(=O)[C@H]1C[C@H](c2ccccc2)CN1C(=O)OC(C)(C)C)C(=O)O. The molecule has 2 aromatic carbocycles. The summed E-state index contributed by atoms with van der Waals surface area (Å²) in [7, 11) is 0. The number of carbonyl (C=O) groups is 6. The minimum Gasteiger partial charge on any atom is -0.480 e. The second kappa shape index (κ2) is 21.3. The summed E-state index contributed by atoms with van der Waals surface area (Å²) < 4.78 is 11.0. The van der Waals surface area contributed by atoms with Crippen molar-refractivity contribution in [2.45, 2.75) is 149 Å². The van der Waals surface area contributed by atoms with E-state index in [-0.39, 0.29) is 23.5 Å². The molecular formula is C48H65N5O9. The van der Waals surface area contributed by atoms with Crippen molar-refractivity contribution in [2.75, 3.05) is 13.1 Å². The van der Waals surface area contributed by atoms with Crippen molar-refractivity contribution < 1.29 is 43.3 Å². The number of hydrogen-bond acceptors (Lipinski definition) is 9. The van der Waals surface area contributed by atoms with Gasteiger partial charge in [-0.05, 0) is 111 Å². The van der Waals surface area contributed by atoms with Crippen LogP contribution in [-0.4, -0.2) is 104 Å². The van der Waals surface area contributed by atoms with Gasteiger partial charge in [-0.3, -0.25) is 34.0 Å². The molecule has 2 saturated heterocycles. The lowest BCUT2D eigenvalue weighted by Gasteiger charge is -2.28. The lowest BCUT2D eigenvalue weighted by Crippen LogP contribution is -2.50. The number of aryl methyl sites for hydroxylation is 3. The Morgan fingerprint density at radius 2 is 1.15 bits per heavy atom. The van der Waals surface area contributed by atoms with Gasteiger partial charge >= 0.3 is 18.2 Å². The summed E-state index contributed by atoms with van der Waals surface area (Å²) in [5.74, 6) is -1.98. The Labute approximate surface area is 366 Å². The number of likely N-dealkylation sites (tertiary alicyclic amines) is 2. The maximum atomic E-state index is 13.3. The average molecular weight is 856 g/mol. The Bertz CT molecular complexity index is 2030. The summed E-state index contributed by atoms with van der Waals surface area (Å²) >= 11 is 0. The van der Waals surface area contributed by atoms with E-state index in [1.54, 1.807) is 48.5 Å². The summed E-state index contributed by atoms with van der Waals surface area (Å²) in [5, 5.41) is 14.3. The van der Waals surface area contributed by atoms with Crippen LogP contribution in [0.4, 0.5) is 9.59 Å². The smallest absolute Gasteiger partial charge is 0.410 e. The minimum absolute atomic E-state index is 0.0143. The number of rotatable bonds is 12. The highest BCUT2D eigenvalue weighted by Gasteiger charge is 2.44. The Morgan fingerprint density at radius 1 is 0.710 bits per heavy atom. The molecule has 2 aliphatic rings. The minimum atomic E-state index is -1.13. The zero-order valence-corrected chi connectivity index (χ0v) is 37.9. The lowest BCUT2D eigenvalue weighted by molar-refractivity contribution is -0.141. The van der Waals surface area contributed by atoms with Gasteiger partial charge in [0.2, 0.25) is 11.8 Å². The topological polar surface area (TPSA) is 185 Å². The highest BCUT2D eigenvalue weighted by Crippen LogP contribution is 2.34. The fourth-order valence-corrected chi connectivity index (χ4v) is 7.56. The van der Waals surface area contributed by atoms with E-state index in [0.29, 0.717) is 38.8 Å². The van der Waals surface area contributed by atoms with Crippen molar-refractivity contribution in [3.63, 3.8) is 0 Å². The van der Waals surface area contributed by atoms with E-state index < -0.39 is 59.4 Å². The molecule has 3 heterocycles. The van der Waals surface area contributed by atoms with Crippen molar-refractivity contribution in [3.05, 3.63) is 101 Å². The molecule has 2 fully saturated rings. The average Bonchev–Trinajstić information content (AvgIpc) is 3.87. The highest BCUT2D eigenvalue weighted by molar-refractivity contribution is 5.92. The van der Waals surface area contributed by atoms with Crippen LogP contribution in [-0.2, 0) is 41.5 Å². The van der Waals surface area contributed by atoms with E-state index in [1.807, 2.05) is 79.7 Å². The third-order valence-corrected chi connectivity index (χ3v) is 10.8. The normalized spacial score (nSPS) is 19.6. The molecule has 14 heteroatoms. The monoisotopic (exact) mass is 855 g/mol. The number of pyridine rings is 1. The third kappa shape index (κ3) is 14.1. The van der Waals surface area contributed by atoms with Crippen LogP contribution in [0.5, 0.6) is 0 Å². The first kappa shape index (κ1) is 48.9. The van der Waals surface area contributed by atoms with Gasteiger partial charge in [-0.2, -0.15) is 0 Å². The second-order valence-corrected chi connectivity index (χ2v) is 18.2. The van der Waals surface area contributed by atoms with Gasteiger partial charge < -0.3 is 25.2 Å². The first-order valence-corrected chi connectivity index (χ1v) is 21.5. The first-order chi connectivity index (χ1) is 29.1. The quantitative estimate of drug-likeness (QED) is 0.170. The molecule has 0 aliphatic carbocycles. The fourth-order valence-electron chi connectivity index (χ4n) is 7.56. The highest BCUT2D eigenvalue weighted by atomic mass is 16.6. The molecule has 0 radical (unpaired) electrons. The maximum absolute atomic E-state index is 13.3. The largest absolute Gasteiger partial charge is 0.480 e. The standard InChI is InChI=1S/C29H39N3O4.C19H26N2O5/c1-7-24-22(14-13-19(2)30-24)15-16-26(33)20(3)31-27(34)25-17-23(21-11-9-8-10-12-21)18-32(25)28(35)36-29(4,5)6;1-12(17(23)24)20-16(22)15-10-14(13-8-6-5-7-9-13)11-21(15)18(25)26-19(2,3)4/h8-14,20,23,25H,7,15-18H2,1-6H3,(H,31,34);5-9,12,14-15H,10-11H2,1-4H3,(H,20,22)(H,23,24)/t20-,23-,25+;12-,14-,15+/m00/s1. The van der Waals surface area contributed by atoms with Crippen LogP contribution in [0.3, 0.4) is 0 Å². The summed E-state index contributed by atoms with van der Waals surface area (Å²) in [5.41, 5.74) is 3.78. The molecule has 336 valence electrons. The molecule has 6 atom stereocenters. The van der Waals surface area contributed by atoms with E-state index in [0.717, 1.165) is 34.5 Å². The van der Waals surface area contributed by atoms with Crippen LogP contribution < -0.4 is 10.6 Å². The molecule has 62 heavy (non-hydrogen) atoms. The van der Waals surface area contributed by atoms with Gasteiger partial charge in [-0.1, -0.05) is 73.7 Å². The maximum Gasteiger partial charge on any atom is 0.410 e. The van der Waals surface area contributed by atoms with Crippen LogP contribution in [0.1, 0.15) is 121 Å². The van der Waals surface area contributed by atoms with Crippen LogP contribution in [0.25, 0.3) is 0 Å². The number of carbonyl (C=O) groups excluding carboxylic acids is 5. The molecular weight excluding hydrogens is 791 g/mol. The Morgan fingerprint density at radius 3 is 1.55 bits per heavy atom. The van der Waals surface area contributed by atoms with Gasteiger partial charge in [-0.15, -0.1) is 0 Å². The van der Waals surface area contributed by atoms with Crippen molar-refractivity contribution in [2.24, 2.45) is 0 Å². The zero-order chi connectivity index (χ0) is 45.9. The summed E-state index contributed by atoms with van der Waals surface area (Å²) in [6.07, 6.45) is 1.51. The van der Waals surface area contributed by atoms with Gasteiger partial charge in [0.05, 0.1) is 6.04 Å². The first-order valence-electron chi connectivity index (χ1n) is 21.5. The van der Waals surface area contributed by atoms with Crippen molar-refractivity contribution in [3.8, 4) is 0 Å². The zero-order valence-electron chi connectivity index (χ0n) is 37.9. The van der Waals surface area contributed by atoms with E-state index in [9.17, 15) is 28.8 Å². The lowest BCUT2D eigenvalue weighted by atomic mass is 9.96. The molecule has 3 aromatic rings. The Kier molecular flexibility index (Phi) is 16.8. The van der Waals surface area contributed by atoms with E-state index in [1.165, 1.54) is 16.7 Å². The number of carboxylic acids is 1. The number of nitrogens with zero attached hydrogens (tertiary/aromatic N) is 3. The molecule has 0 spiro atoms. The number of hydrogen-bond donors (Lipinski definition) is 3. The number of carboxylic acid groups (broad SMARTS) is 1. The van der Waals surface area contributed by atoms with Gasteiger partial charge in [-0.25, -0.2) is 9.59 Å². The van der Waals surface area contributed by atoms with Gasteiger partial charge in [0, 0.05) is 42.7 Å². The van der Waals surface area contributed by atoms with Gasteiger partial charge in [0.25, 0.3) is 0 Å². The predicted molar refractivity (Wildman–Crippen MR) is 236 cm³/mol. The number of nitrogens with one attached hydrogen (secondary N) is 2. The molecule has 3 N–H and O–H groups in total. The second-order valence-electron chi connectivity index (χ2n) is 18.2. The number of amides is 4. The molecule has 1 aromatic heterocycles. The van der Waals surface area contributed by atoms with E-state index in [2.05, 4.69) is 22.5 Å². The van der Waals surface area contributed by atoms with Crippen molar-refractivity contribution in [1.82, 2.24) is 25.4 Å². The predicted octanol–water partition coefficient (Wildman–Crippen LogP) is 7.12. The Balaban J connectivity index is 0.000000287. The summed E-state index contributed by atoms with van der Waals surface area (Å²) in [4.78, 5) is 82.8. The third-order valence-electron chi connectivity index (χ3n) is 10.8. The van der Waals surface area contributed by atoms with Crippen LogP contribution >= 0.6 is 0 Å². The number of Topliss-reactive ketones (excluding diaryl/α,β-unsaturated/α-hetero) is 1. The molecule has 0 saturated carbocycles. The van der Waals surface area contributed by atoms with Crippen molar-refractivity contribution in [1.29, 1.82) is 0 Å². The number of aromatic nitrogens is 1. The fraction of sp³-hybridized carbons (Fsp3) is 0.521. The summed E-state index contributed by atoms with van der Waals surface area (Å²) in [6, 6.07) is 20.3. The summed E-state index contributed by atoms with van der Waals surface area (Å²) in [6.45, 7) is 18.5. The number of aliphatic carboxylic acids is 1. The molecule has 4 amide bonds. The van der Waals surface area contributed by atoms with Crippen LogP contribution in [0, 0.1) is 6.92 Å². The van der Waals surface area contributed by atoms with E-state index >= 15 is 0 Å². The number of ketones is 1. The number of benzene rings is 2. The van der Waals surface area contributed by atoms with Gasteiger partial charge in [0.1, 0.15) is 29.3 Å². The Hall–Kier alpha value is -5.79. The number of ether oxygens (including phenoxy) is 2. The van der Waals surface area contributed by atoms with Crippen LogP contribution in [0.2, 0.25) is 0 Å². The van der Waals surface area contributed by atoms with Crippen molar-refractivity contribution >= 4 is 35.8 Å². The molecule has 14 nitrogen and oxygen atoms in total. The molecule has 0 bridgehead atoms. The molecule has 5 rings (SSSR count). The molecule has 2 aliphatic heterocycles. The van der Waals surface area contributed by atoms with Gasteiger partial charge in [0.15, 0.2) is 5.78 Å².